The Kier molecular flexibility index (Phi) is 6.44. The molecular weight excluding hydrogens is 418 g/mol. The molecule has 0 atom stereocenters. The van der Waals surface area contributed by atoms with Crippen LogP contribution in [0.2, 0.25) is 20.1 Å². The highest BCUT2D eigenvalue weighted by atomic mass is 35.5. The standard InChI is InChI=1S/C18H18Cl4N2O2/c19-13-5-11(17(25)15(21)7-13)9-23-1-2-24(4-3-23)10-12-6-14(20)8-16(22)18(12)26/h5-8,25-26H,1-4,9-10H2. The molecule has 3 rings (SSSR count). The Morgan fingerprint density at radius 3 is 1.35 bits per heavy atom. The average Bonchev–Trinajstić information content (AvgIpc) is 2.58. The van der Waals surface area contributed by atoms with E-state index in [2.05, 4.69) is 9.80 Å². The minimum absolute atomic E-state index is 0.0805. The van der Waals surface area contributed by atoms with Gasteiger partial charge in [-0.2, -0.15) is 0 Å². The number of aromatic hydroxyl groups is 2. The third kappa shape index (κ3) is 4.69. The number of rotatable bonds is 4. The normalized spacial score (nSPS) is 16.2. The van der Waals surface area contributed by atoms with Crippen LogP contribution in [0.1, 0.15) is 11.1 Å². The maximum Gasteiger partial charge on any atom is 0.138 e. The maximum absolute atomic E-state index is 10.1. The lowest BCUT2D eigenvalue weighted by Gasteiger charge is -2.35. The van der Waals surface area contributed by atoms with E-state index in [1.807, 2.05) is 0 Å². The number of phenolic OH excluding ortho intramolecular Hbond substituents is 2. The van der Waals surface area contributed by atoms with E-state index in [1.54, 1.807) is 12.1 Å². The van der Waals surface area contributed by atoms with E-state index in [1.165, 1.54) is 12.1 Å². The van der Waals surface area contributed by atoms with Crippen molar-refractivity contribution < 1.29 is 10.2 Å². The quantitative estimate of drug-likeness (QED) is 0.706. The topological polar surface area (TPSA) is 46.9 Å². The van der Waals surface area contributed by atoms with Crippen LogP contribution in [0.15, 0.2) is 24.3 Å². The zero-order valence-electron chi connectivity index (χ0n) is 13.9. The van der Waals surface area contributed by atoms with Crippen LogP contribution >= 0.6 is 46.4 Å². The van der Waals surface area contributed by atoms with Crippen LogP contribution in [0.4, 0.5) is 0 Å². The molecule has 1 saturated heterocycles. The molecule has 0 radical (unpaired) electrons. The van der Waals surface area contributed by atoms with Crippen LogP contribution in [0.3, 0.4) is 0 Å². The Morgan fingerprint density at radius 2 is 1.00 bits per heavy atom. The first-order valence-corrected chi connectivity index (χ1v) is 9.63. The van der Waals surface area contributed by atoms with Gasteiger partial charge in [-0.3, -0.25) is 9.80 Å². The summed E-state index contributed by atoms with van der Waals surface area (Å²) in [6.45, 7) is 4.43. The molecule has 0 unspecified atom stereocenters. The number of benzene rings is 2. The molecule has 0 saturated carbocycles. The second-order valence-corrected chi connectivity index (χ2v) is 8.03. The van der Waals surface area contributed by atoms with Crippen molar-refractivity contribution in [3.05, 3.63) is 55.5 Å². The van der Waals surface area contributed by atoms with Gasteiger partial charge in [0, 0.05) is 60.4 Å². The minimum Gasteiger partial charge on any atom is -0.506 e. The molecule has 26 heavy (non-hydrogen) atoms. The highest BCUT2D eigenvalue weighted by Gasteiger charge is 2.20. The summed E-state index contributed by atoms with van der Waals surface area (Å²) in [5, 5.41) is 21.7. The molecule has 1 aliphatic heterocycles. The van der Waals surface area contributed by atoms with Gasteiger partial charge in [-0.25, -0.2) is 0 Å². The maximum atomic E-state index is 10.1. The Morgan fingerprint density at radius 1 is 0.654 bits per heavy atom. The lowest BCUT2D eigenvalue weighted by atomic mass is 10.1. The summed E-state index contributed by atoms with van der Waals surface area (Å²) >= 11 is 24.0. The summed E-state index contributed by atoms with van der Waals surface area (Å²) in [5.41, 5.74) is 1.44. The van der Waals surface area contributed by atoms with Gasteiger partial charge in [0.05, 0.1) is 10.0 Å². The number of phenols is 2. The summed E-state index contributed by atoms with van der Waals surface area (Å²) in [7, 11) is 0. The first-order valence-electron chi connectivity index (χ1n) is 8.12. The number of hydrogen-bond donors (Lipinski definition) is 2. The average molecular weight is 436 g/mol. The SMILES string of the molecule is Oc1c(Cl)cc(Cl)cc1CN1CCN(Cc2cc(Cl)cc(Cl)c2O)CC1. The molecule has 2 aromatic carbocycles. The van der Waals surface area contributed by atoms with Gasteiger partial charge in [-0.15, -0.1) is 0 Å². The molecule has 0 aromatic heterocycles. The van der Waals surface area contributed by atoms with Crippen molar-refractivity contribution in [3.63, 3.8) is 0 Å². The van der Waals surface area contributed by atoms with Crippen molar-refractivity contribution in [1.29, 1.82) is 0 Å². The van der Waals surface area contributed by atoms with Crippen molar-refractivity contribution >= 4 is 46.4 Å². The van der Waals surface area contributed by atoms with Gasteiger partial charge in [0.1, 0.15) is 11.5 Å². The number of hydrogen-bond acceptors (Lipinski definition) is 4. The van der Waals surface area contributed by atoms with Crippen LogP contribution in [0, 0.1) is 0 Å². The minimum atomic E-state index is 0.0805. The summed E-state index contributed by atoms with van der Waals surface area (Å²) in [6.07, 6.45) is 0. The summed E-state index contributed by atoms with van der Waals surface area (Å²) in [4.78, 5) is 4.45. The molecule has 1 aliphatic rings. The van der Waals surface area contributed by atoms with E-state index in [0.29, 0.717) is 23.1 Å². The van der Waals surface area contributed by atoms with E-state index in [-0.39, 0.29) is 21.5 Å². The van der Waals surface area contributed by atoms with Gasteiger partial charge >= 0.3 is 0 Å². The van der Waals surface area contributed by atoms with E-state index >= 15 is 0 Å². The van der Waals surface area contributed by atoms with E-state index in [9.17, 15) is 10.2 Å². The van der Waals surface area contributed by atoms with E-state index in [0.717, 1.165) is 37.3 Å². The van der Waals surface area contributed by atoms with Gasteiger partial charge < -0.3 is 10.2 Å². The smallest absolute Gasteiger partial charge is 0.138 e. The molecule has 140 valence electrons. The molecule has 4 nitrogen and oxygen atoms in total. The second kappa shape index (κ2) is 8.42. The third-order valence-electron chi connectivity index (χ3n) is 4.47. The van der Waals surface area contributed by atoms with Gasteiger partial charge in [0.25, 0.3) is 0 Å². The van der Waals surface area contributed by atoms with E-state index < -0.39 is 0 Å². The van der Waals surface area contributed by atoms with Crippen LogP contribution in [-0.4, -0.2) is 46.2 Å². The first-order chi connectivity index (χ1) is 12.3. The van der Waals surface area contributed by atoms with Crippen LogP contribution in [-0.2, 0) is 13.1 Å². The predicted octanol–water partition coefficient (Wildman–Crippen LogP) is 5.03. The van der Waals surface area contributed by atoms with Gasteiger partial charge in [-0.1, -0.05) is 46.4 Å². The zero-order valence-corrected chi connectivity index (χ0v) is 16.9. The van der Waals surface area contributed by atoms with Crippen molar-refractivity contribution in [3.8, 4) is 11.5 Å². The Hall–Kier alpha value is -0.880. The molecule has 0 bridgehead atoms. The Labute approximate surface area is 172 Å². The monoisotopic (exact) mass is 434 g/mol. The predicted molar refractivity (Wildman–Crippen MR) is 107 cm³/mol. The molecule has 8 heteroatoms. The summed E-state index contributed by atoms with van der Waals surface area (Å²) < 4.78 is 0. The van der Waals surface area contributed by atoms with Gasteiger partial charge in [0.15, 0.2) is 0 Å². The summed E-state index contributed by atoms with van der Waals surface area (Å²) in [6, 6.07) is 6.53. The Bertz CT molecular complexity index is 741. The van der Waals surface area contributed by atoms with Crippen LogP contribution in [0.25, 0.3) is 0 Å². The molecule has 1 fully saturated rings. The summed E-state index contributed by atoms with van der Waals surface area (Å²) in [5.74, 6) is 0.161. The van der Waals surface area contributed by atoms with E-state index in [4.69, 9.17) is 46.4 Å². The zero-order chi connectivity index (χ0) is 18.8. The molecule has 0 aliphatic carbocycles. The second-order valence-electron chi connectivity index (χ2n) is 6.34. The van der Waals surface area contributed by atoms with Crippen LogP contribution in [0.5, 0.6) is 11.5 Å². The third-order valence-corrected chi connectivity index (χ3v) is 5.48. The van der Waals surface area contributed by atoms with Crippen molar-refractivity contribution in [2.24, 2.45) is 0 Å². The van der Waals surface area contributed by atoms with Crippen molar-refractivity contribution in [1.82, 2.24) is 9.80 Å². The highest BCUT2D eigenvalue weighted by Crippen LogP contribution is 2.33. The number of halogens is 4. The van der Waals surface area contributed by atoms with Crippen molar-refractivity contribution in [2.75, 3.05) is 26.2 Å². The molecule has 2 aromatic rings. The molecule has 1 heterocycles. The van der Waals surface area contributed by atoms with Gasteiger partial charge in [0.2, 0.25) is 0 Å². The van der Waals surface area contributed by atoms with Crippen molar-refractivity contribution in [2.45, 2.75) is 13.1 Å². The molecule has 0 amide bonds. The first kappa shape index (κ1) is 19.9. The molecule has 0 spiro atoms. The Balaban J connectivity index is 1.60. The molecular formula is C18H18Cl4N2O2. The fraction of sp³-hybridized carbons (Fsp3) is 0.333. The highest BCUT2D eigenvalue weighted by molar-refractivity contribution is 6.36. The van der Waals surface area contributed by atoms with Gasteiger partial charge in [-0.05, 0) is 24.3 Å². The lowest BCUT2D eigenvalue weighted by Crippen LogP contribution is -2.45. The largest absolute Gasteiger partial charge is 0.506 e. The van der Waals surface area contributed by atoms with Crippen LogP contribution < -0.4 is 0 Å². The fourth-order valence-corrected chi connectivity index (χ4v) is 4.14. The molecule has 2 N–H and O–H groups in total. The number of nitrogens with zero attached hydrogens (tertiary/aromatic N) is 2. The number of piperazine rings is 1. The lowest BCUT2D eigenvalue weighted by molar-refractivity contribution is 0.120. The fourth-order valence-electron chi connectivity index (χ4n) is 3.07.